The number of carbonyl (C=O) groups excluding carboxylic acids is 4. The minimum absolute atomic E-state index is 0.172. The molecule has 3 heterocycles. The fourth-order valence-electron chi connectivity index (χ4n) is 10.6. The average Bonchev–Trinajstić information content (AvgIpc) is 3.99. The van der Waals surface area contributed by atoms with E-state index in [9.17, 15) is 31.6 Å². The van der Waals surface area contributed by atoms with Gasteiger partial charge in [-0.15, -0.1) is 0 Å². The summed E-state index contributed by atoms with van der Waals surface area (Å²) in [5.41, 5.74) is -1.42. The second kappa shape index (κ2) is 16.3. The van der Waals surface area contributed by atoms with Crippen molar-refractivity contribution in [3.05, 3.63) is 23.9 Å². The van der Waals surface area contributed by atoms with Gasteiger partial charge in [0.1, 0.15) is 41.3 Å². The monoisotopic (exact) mass is 886 g/mol. The number of hydrogen-bond donors (Lipinski definition) is 3. The predicted molar refractivity (Wildman–Crippen MR) is 223 cm³/mol. The third-order valence-electron chi connectivity index (χ3n) is 14.8. The van der Waals surface area contributed by atoms with Crippen LogP contribution in [0.25, 0.3) is 11.0 Å². The summed E-state index contributed by atoms with van der Waals surface area (Å²) in [4.78, 5) is 68.8. The van der Waals surface area contributed by atoms with Gasteiger partial charge in [0.2, 0.25) is 34.1 Å². The minimum atomic E-state index is -4.25. The molecule has 1 aromatic heterocycles. The third kappa shape index (κ3) is 8.17. The maximum absolute atomic E-state index is 15.1. The van der Waals surface area contributed by atoms with Crippen LogP contribution in [0.5, 0.6) is 11.6 Å². The lowest BCUT2D eigenvalue weighted by atomic mass is 9.82. The molecule has 10 atom stereocenters. The van der Waals surface area contributed by atoms with Gasteiger partial charge in [-0.05, 0) is 106 Å². The number of nitrogens with zero attached hydrogens (tertiary/aromatic N) is 3. The first-order chi connectivity index (χ1) is 29.3. The van der Waals surface area contributed by atoms with E-state index in [2.05, 4.69) is 10.6 Å². The summed E-state index contributed by atoms with van der Waals surface area (Å²) in [5.74, 6) is -3.59. The summed E-state index contributed by atoms with van der Waals surface area (Å²) < 4.78 is 74.4. The minimum Gasteiger partial charge on any atom is -0.497 e. The number of sulfonamides is 1. The van der Waals surface area contributed by atoms with E-state index in [-0.39, 0.29) is 36.8 Å². The van der Waals surface area contributed by atoms with E-state index in [4.69, 9.17) is 24.2 Å². The number of hydrogen-bond acceptors (Lipinski definition) is 11. The largest absolute Gasteiger partial charge is 0.497 e. The number of amides is 4. The number of halogens is 2. The van der Waals surface area contributed by atoms with Gasteiger partial charge in [-0.3, -0.25) is 19.1 Å². The smallest absolute Gasteiger partial charge is 0.408 e. The summed E-state index contributed by atoms with van der Waals surface area (Å²) in [5, 5.41) is 5.40. The lowest BCUT2D eigenvalue weighted by molar-refractivity contribution is -0.144. The molecule has 15 nitrogen and oxygen atoms in total. The van der Waals surface area contributed by atoms with Gasteiger partial charge in [0.25, 0.3) is 5.91 Å². The molecule has 4 aliphatic carbocycles. The Morgan fingerprint density at radius 1 is 1.05 bits per heavy atom. The number of alkyl halides is 2. The van der Waals surface area contributed by atoms with Crippen molar-refractivity contribution in [3.8, 4) is 11.6 Å². The Labute approximate surface area is 361 Å². The molecule has 10 unspecified atom stereocenters. The van der Waals surface area contributed by atoms with Crippen molar-refractivity contribution in [1.29, 1.82) is 0 Å². The van der Waals surface area contributed by atoms with Gasteiger partial charge < -0.3 is 29.7 Å². The van der Waals surface area contributed by atoms with Crippen molar-refractivity contribution in [3.63, 3.8) is 0 Å². The molecule has 2 aliphatic heterocycles. The molecule has 6 aliphatic rings. The van der Waals surface area contributed by atoms with Gasteiger partial charge in [0.15, 0.2) is 0 Å². The van der Waals surface area contributed by atoms with Gasteiger partial charge in [-0.1, -0.05) is 40.5 Å². The SMILES string of the molecule is CCC1C2CN(C(=O)C(C(C)(C)C)NC(=O)OC3C4CCC(C4)C3CCCCCc3nc4ccc(OC)cc4nc3O2)C1C(=O)NC1(C(=O)NS(=O)(=O)C2(C)CC2)CC1C(F)F. The van der Waals surface area contributed by atoms with E-state index in [0.29, 0.717) is 47.7 Å². The topological polar surface area (TPSA) is 195 Å². The zero-order valence-corrected chi connectivity index (χ0v) is 37.2. The average molecular weight is 887 g/mol. The number of rotatable bonds is 8. The molecule has 1 aromatic carbocycles. The van der Waals surface area contributed by atoms with Crippen LogP contribution in [0.3, 0.4) is 0 Å². The molecule has 0 radical (unpaired) electrons. The molecule has 4 bridgehead atoms. The quantitative estimate of drug-likeness (QED) is 0.306. The van der Waals surface area contributed by atoms with E-state index in [1.165, 1.54) is 11.8 Å². The van der Waals surface area contributed by atoms with Crippen LogP contribution in [0, 0.1) is 35.0 Å². The van der Waals surface area contributed by atoms with Crippen LogP contribution in [-0.2, 0) is 35.6 Å². The van der Waals surface area contributed by atoms with Crippen LogP contribution in [-0.4, -0.2) is 102 Å². The molecule has 62 heavy (non-hydrogen) atoms. The fraction of sp³-hybridized carbons (Fsp3) is 0.727. The molecular formula is C44H60F2N6O9S. The molecular weight excluding hydrogens is 827 g/mol. The molecule has 0 spiro atoms. The fourth-order valence-corrected chi connectivity index (χ4v) is 12.0. The van der Waals surface area contributed by atoms with Gasteiger partial charge in [-0.2, -0.15) is 0 Å². The van der Waals surface area contributed by atoms with Gasteiger partial charge in [0.05, 0.1) is 35.4 Å². The Morgan fingerprint density at radius 3 is 2.45 bits per heavy atom. The molecule has 3 N–H and O–H groups in total. The molecule has 2 aromatic rings. The van der Waals surface area contributed by atoms with Crippen molar-refractivity contribution in [2.24, 2.45) is 35.0 Å². The number of aryl methyl sites for hydroxylation is 1. The van der Waals surface area contributed by atoms with Crippen molar-refractivity contribution < 1.29 is 50.6 Å². The van der Waals surface area contributed by atoms with Crippen molar-refractivity contribution in [2.45, 2.75) is 153 Å². The van der Waals surface area contributed by atoms with E-state index in [0.717, 1.165) is 44.9 Å². The Bertz CT molecular complexity index is 2220. The van der Waals surface area contributed by atoms with Gasteiger partial charge in [0, 0.05) is 12.0 Å². The van der Waals surface area contributed by atoms with Crippen LogP contribution >= 0.6 is 0 Å². The summed E-state index contributed by atoms with van der Waals surface area (Å²) in [6.07, 6.45) is 2.43. The summed E-state index contributed by atoms with van der Waals surface area (Å²) in [6, 6.07) is 2.75. The van der Waals surface area contributed by atoms with Crippen molar-refractivity contribution >= 4 is 44.9 Å². The number of methoxy groups -OCH3 is 1. The number of nitrogens with one attached hydrogen (secondary N) is 3. The zero-order valence-electron chi connectivity index (χ0n) is 36.4. The number of alkyl carbamates (subject to hydrolysis) is 1. The molecule has 4 amide bonds. The second-order valence-corrected chi connectivity index (χ2v) is 22.1. The first-order valence-corrected chi connectivity index (χ1v) is 23.7. The number of aromatic nitrogens is 2. The molecule has 18 heteroatoms. The van der Waals surface area contributed by atoms with Crippen LogP contribution in [0.4, 0.5) is 13.6 Å². The van der Waals surface area contributed by atoms with Crippen molar-refractivity contribution in [1.82, 2.24) is 30.2 Å². The molecule has 4 saturated carbocycles. The number of carbonyl (C=O) groups is 4. The van der Waals surface area contributed by atoms with E-state index in [1.807, 2.05) is 10.8 Å². The highest BCUT2D eigenvalue weighted by atomic mass is 32.2. The van der Waals surface area contributed by atoms with Crippen molar-refractivity contribution in [2.75, 3.05) is 13.7 Å². The zero-order chi connectivity index (χ0) is 44.5. The predicted octanol–water partition coefficient (Wildman–Crippen LogP) is 5.43. The van der Waals surface area contributed by atoms with Crippen LogP contribution in [0.2, 0.25) is 0 Å². The van der Waals surface area contributed by atoms with E-state index < -0.39 is 92.4 Å². The lowest BCUT2D eigenvalue weighted by Crippen LogP contribution is -2.61. The third-order valence-corrected chi connectivity index (χ3v) is 16.9. The highest BCUT2D eigenvalue weighted by Gasteiger charge is 2.68. The number of ether oxygens (including phenoxy) is 3. The summed E-state index contributed by atoms with van der Waals surface area (Å²) in [6.45, 7) is 8.43. The maximum atomic E-state index is 15.1. The normalized spacial score (nSPS) is 33.3. The highest BCUT2D eigenvalue weighted by Crippen LogP contribution is 2.52. The molecule has 8 rings (SSSR count). The number of fused-ring (bicyclic) bond motifs is 9. The van der Waals surface area contributed by atoms with E-state index >= 15 is 4.79 Å². The maximum Gasteiger partial charge on any atom is 0.408 e. The number of benzene rings is 1. The van der Waals surface area contributed by atoms with E-state index in [1.54, 1.807) is 46.9 Å². The molecule has 5 fully saturated rings. The molecule has 340 valence electrons. The summed E-state index contributed by atoms with van der Waals surface area (Å²) >= 11 is 0. The van der Waals surface area contributed by atoms with Crippen LogP contribution in [0.15, 0.2) is 18.2 Å². The standard InChI is InChI=1S/C44H60F2N6O9S/c1-7-26-32-22-52(33(26)37(53)50-44(21-28(44)36(45)46)40(55)51-62(57,58)43(5)17-18-43)39(54)35(42(2,3)4)49-41(56)61-34-24-14-13-23(19-24)27(34)11-9-8-10-12-30-38(60-32)48-31-20-25(59-6)15-16-29(31)47-30/h15-16,20,23-24,26-28,32-36H,7-14,17-19,21-22H2,1-6H3,(H,49,56)(H,50,53)(H,51,55). The van der Waals surface area contributed by atoms with Crippen LogP contribution < -0.4 is 24.8 Å². The first-order valence-electron chi connectivity index (χ1n) is 22.2. The van der Waals surface area contributed by atoms with Crippen LogP contribution in [0.1, 0.15) is 111 Å². The van der Waals surface area contributed by atoms with Gasteiger partial charge >= 0.3 is 6.09 Å². The second-order valence-electron chi connectivity index (χ2n) is 19.9. The van der Waals surface area contributed by atoms with Gasteiger partial charge in [-0.25, -0.2) is 32.0 Å². The first kappa shape index (κ1) is 44.3. The Hall–Kier alpha value is -4.35. The Balaban J connectivity index is 1.17. The summed E-state index contributed by atoms with van der Waals surface area (Å²) in [7, 11) is -2.70. The lowest BCUT2D eigenvalue weighted by Gasteiger charge is -2.37. The Morgan fingerprint density at radius 2 is 1.79 bits per heavy atom. The molecule has 1 saturated heterocycles. The Kier molecular flexibility index (Phi) is 11.7. The highest BCUT2D eigenvalue weighted by molar-refractivity contribution is 7.91.